The molecule has 1 aliphatic rings. The lowest BCUT2D eigenvalue weighted by Gasteiger charge is -2.14. The van der Waals surface area contributed by atoms with Crippen molar-refractivity contribution >= 4 is 47.0 Å². The topological polar surface area (TPSA) is 280 Å². The summed E-state index contributed by atoms with van der Waals surface area (Å²) in [6, 6.07) is 0. The lowest BCUT2D eigenvalue weighted by atomic mass is 10.4. The second-order valence-electron chi connectivity index (χ2n) is 6.99. The predicted molar refractivity (Wildman–Crippen MR) is 133 cm³/mol. The van der Waals surface area contributed by atoms with Gasteiger partial charge in [-0.2, -0.15) is 5.10 Å². The van der Waals surface area contributed by atoms with Crippen molar-refractivity contribution in [3.63, 3.8) is 0 Å². The van der Waals surface area contributed by atoms with Gasteiger partial charge in [-0.05, 0) is 32.4 Å². The number of nitrogens with zero attached hydrogens (tertiary/aromatic N) is 4. The van der Waals surface area contributed by atoms with E-state index in [1.165, 1.54) is 7.05 Å². The fraction of sp³-hybridized carbons (Fsp3) is 0.556. The lowest BCUT2D eigenvalue weighted by molar-refractivity contribution is -0.116. The van der Waals surface area contributed by atoms with Gasteiger partial charge in [0.2, 0.25) is 23.3 Å². The minimum atomic E-state index is -0.609. The van der Waals surface area contributed by atoms with Gasteiger partial charge in [-0.25, -0.2) is 0 Å². The number of amidine groups is 4. The van der Waals surface area contributed by atoms with Gasteiger partial charge in [-0.1, -0.05) is 0 Å². The van der Waals surface area contributed by atoms with E-state index in [-0.39, 0.29) is 36.4 Å². The molecule has 0 aromatic heterocycles. The first kappa shape index (κ1) is 29.7. The smallest absolute Gasteiger partial charge is 0.290 e. The number of amides is 4. The van der Waals surface area contributed by atoms with Gasteiger partial charge in [-0.15, -0.1) is 10.2 Å². The van der Waals surface area contributed by atoms with E-state index in [2.05, 4.69) is 57.8 Å². The largest absolute Gasteiger partial charge is 0.378 e. The molecule has 0 aliphatic carbocycles. The van der Waals surface area contributed by atoms with Crippen molar-refractivity contribution in [1.29, 1.82) is 0 Å². The van der Waals surface area contributed by atoms with Crippen LogP contribution in [0.5, 0.6) is 0 Å². The van der Waals surface area contributed by atoms with Crippen molar-refractivity contribution < 1.29 is 19.2 Å². The van der Waals surface area contributed by atoms with Crippen molar-refractivity contribution in [3.8, 4) is 0 Å². The van der Waals surface area contributed by atoms with Gasteiger partial charge in [-0.3, -0.25) is 40.4 Å². The fourth-order valence-corrected chi connectivity index (χ4v) is 2.28. The molecule has 18 nitrogen and oxygen atoms in total. The molecule has 18 heteroatoms. The number of carbonyl (C=O) groups excluding carboxylic acids is 4. The molecular weight excluding hydrogens is 476 g/mol. The van der Waals surface area contributed by atoms with Crippen LogP contribution in [-0.4, -0.2) is 93.3 Å². The molecule has 0 aromatic rings. The lowest BCUT2D eigenvalue weighted by Crippen LogP contribution is -2.48. The average molecular weight is 511 g/mol. The summed E-state index contributed by atoms with van der Waals surface area (Å²) in [6.45, 7) is 1.99. The number of hydrogen-bond acceptors (Lipinski definition) is 12. The van der Waals surface area contributed by atoms with Crippen LogP contribution >= 0.6 is 0 Å². The number of rotatable bonds is 13. The number of nitrogens with two attached hydrogens (primary N) is 3. The third-order valence-corrected chi connectivity index (χ3v) is 4.19. The highest BCUT2D eigenvalue weighted by molar-refractivity contribution is 6.42. The molecule has 0 saturated heterocycles. The fourth-order valence-electron chi connectivity index (χ4n) is 2.28. The minimum Gasteiger partial charge on any atom is -0.378 e. The molecular formula is C18H34N14O4. The molecule has 0 spiro atoms. The SMILES string of the molecule is C/N=C(\N/N=C(\N)C(=O)NCCCN)C(=O)NCCCNC(=O)C1=NNC(C(=O)NCCCN)=NN1. The highest BCUT2D eigenvalue weighted by Gasteiger charge is 2.19. The van der Waals surface area contributed by atoms with Crippen LogP contribution in [-0.2, 0) is 19.2 Å². The molecule has 1 heterocycles. The van der Waals surface area contributed by atoms with E-state index in [4.69, 9.17) is 17.2 Å². The zero-order valence-electron chi connectivity index (χ0n) is 20.0. The van der Waals surface area contributed by atoms with E-state index in [0.29, 0.717) is 45.4 Å². The van der Waals surface area contributed by atoms with Crippen LogP contribution in [0.25, 0.3) is 0 Å². The van der Waals surface area contributed by atoms with Crippen LogP contribution in [0.4, 0.5) is 0 Å². The molecule has 200 valence electrons. The molecule has 0 bridgehead atoms. The zero-order valence-corrected chi connectivity index (χ0v) is 20.0. The summed E-state index contributed by atoms with van der Waals surface area (Å²) in [7, 11) is 1.36. The quantitative estimate of drug-likeness (QED) is 0.0484. The van der Waals surface area contributed by atoms with E-state index >= 15 is 0 Å². The van der Waals surface area contributed by atoms with Crippen LogP contribution in [0.15, 0.2) is 20.3 Å². The van der Waals surface area contributed by atoms with E-state index in [1.54, 1.807) is 0 Å². The Hall–Kier alpha value is -4.32. The van der Waals surface area contributed by atoms with Gasteiger partial charge in [0.1, 0.15) is 0 Å². The monoisotopic (exact) mass is 510 g/mol. The highest BCUT2D eigenvalue weighted by Crippen LogP contribution is 1.87. The standard InChI is InChI=1S/C18H34N14O4/c1-22-12(28-27-11(21)15(33)23-7-2-5-19)16(34)25-9-4-10-26-18(36)14-31-29-13(30-32-14)17(35)24-8-3-6-20/h2-10,19-20H2,1H3,(H2,21,27)(H,22,28)(H,23,33)(H,24,35)(H,25,34)(H,26,36)(H,29,30)(H,31,32). The summed E-state index contributed by atoms with van der Waals surface area (Å²) in [4.78, 5) is 51.6. The first-order valence-corrected chi connectivity index (χ1v) is 11.1. The average Bonchev–Trinajstić information content (AvgIpc) is 2.88. The van der Waals surface area contributed by atoms with E-state index in [1.807, 2.05) is 0 Å². The molecule has 0 unspecified atom stereocenters. The maximum atomic E-state index is 12.2. The number of aliphatic imine (C=N–C) groups is 1. The molecule has 0 saturated carbocycles. The van der Waals surface area contributed by atoms with Gasteiger partial charge in [0.25, 0.3) is 23.6 Å². The van der Waals surface area contributed by atoms with Crippen molar-refractivity contribution in [3.05, 3.63) is 0 Å². The molecule has 0 radical (unpaired) electrons. The van der Waals surface area contributed by atoms with Gasteiger partial charge in [0.15, 0.2) is 0 Å². The molecule has 4 amide bonds. The highest BCUT2D eigenvalue weighted by atomic mass is 16.2. The minimum absolute atomic E-state index is 0.0911. The maximum Gasteiger partial charge on any atom is 0.290 e. The third-order valence-electron chi connectivity index (χ3n) is 4.19. The molecule has 13 N–H and O–H groups in total. The molecule has 0 atom stereocenters. The number of nitrogens with one attached hydrogen (secondary N) is 7. The summed E-state index contributed by atoms with van der Waals surface area (Å²) in [5.74, 6) is -3.01. The molecule has 0 fully saturated rings. The molecule has 0 aromatic carbocycles. The van der Waals surface area contributed by atoms with Gasteiger partial charge in [0.05, 0.1) is 0 Å². The second-order valence-corrected chi connectivity index (χ2v) is 6.99. The van der Waals surface area contributed by atoms with Crippen molar-refractivity contribution in [2.75, 3.05) is 46.3 Å². The molecule has 1 rings (SSSR count). The Labute approximate surface area is 207 Å². The molecule has 36 heavy (non-hydrogen) atoms. The summed E-state index contributed by atoms with van der Waals surface area (Å²) in [5.41, 5.74) is 23.4. The Balaban J connectivity index is 2.31. The van der Waals surface area contributed by atoms with Gasteiger partial charge < -0.3 is 38.5 Å². The third kappa shape index (κ3) is 11.2. The van der Waals surface area contributed by atoms with Crippen LogP contribution in [0.3, 0.4) is 0 Å². The van der Waals surface area contributed by atoms with E-state index in [0.717, 1.165) is 0 Å². The van der Waals surface area contributed by atoms with Gasteiger partial charge in [0, 0.05) is 33.2 Å². The van der Waals surface area contributed by atoms with E-state index < -0.39 is 23.6 Å². The second kappa shape index (κ2) is 17.2. The maximum absolute atomic E-state index is 12.2. The van der Waals surface area contributed by atoms with E-state index in [9.17, 15) is 19.2 Å². The van der Waals surface area contributed by atoms with Crippen molar-refractivity contribution in [2.45, 2.75) is 19.3 Å². The van der Waals surface area contributed by atoms with Gasteiger partial charge >= 0.3 is 0 Å². The zero-order chi connectivity index (χ0) is 26.8. The Morgan fingerprint density at radius 1 is 0.778 bits per heavy atom. The molecule has 1 aliphatic heterocycles. The Morgan fingerprint density at radius 3 is 1.75 bits per heavy atom. The Bertz CT molecular complexity index is 898. The summed E-state index contributed by atoms with van der Waals surface area (Å²) in [5, 5.41) is 21.4. The van der Waals surface area contributed by atoms with Crippen LogP contribution in [0.1, 0.15) is 19.3 Å². The summed E-state index contributed by atoms with van der Waals surface area (Å²) < 4.78 is 0. The van der Waals surface area contributed by atoms with Crippen LogP contribution < -0.4 is 54.7 Å². The summed E-state index contributed by atoms with van der Waals surface area (Å²) >= 11 is 0. The van der Waals surface area contributed by atoms with Crippen LogP contribution in [0, 0.1) is 0 Å². The number of hydrogen-bond donors (Lipinski definition) is 10. The van der Waals surface area contributed by atoms with Crippen molar-refractivity contribution in [1.82, 2.24) is 37.5 Å². The summed E-state index contributed by atoms with van der Waals surface area (Å²) in [6.07, 6.45) is 1.58. The predicted octanol–water partition coefficient (Wildman–Crippen LogP) is -5.75. The Morgan fingerprint density at radius 2 is 1.25 bits per heavy atom. The first-order chi connectivity index (χ1) is 17.3. The Kier molecular flexibility index (Phi) is 14.2. The number of carbonyl (C=O) groups is 4. The normalized spacial score (nSPS) is 13.3. The first-order valence-electron chi connectivity index (χ1n) is 11.1. The van der Waals surface area contributed by atoms with Crippen molar-refractivity contribution in [2.24, 2.45) is 37.5 Å². The number of hydrazone groups is 3. The van der Waals surface area contributed by atoms with Crippen LogP contribution in [0.2, 0.25) is 0 Å².